The van der Waals surface area contributed by atoms with Crippen LogP contribution in [0.3, 0.4) is 0 Å². The molecule has 8 N–H and O–H groups in total. The average Bonchev–Trinajstić information content (AvgIpc) is 2.40. The summed E-state index contributed by atoms with van der Waals surface area (Å²) < 4.78 is 0. The molecule has 9 heteroatoms. The molecule has 0 aromatic carbocycles. The molecule has 0 spiro atoms. The van der Waals surface area contributed by atoms with Gasteiger partial charge in [-0.25, -0.2) is 0 Å². The average molecular weight is 338 g/mol. The molecule has 0 radical (unpaired) electrons. The molecule has 124 valence electrons. The van der Waals surface area contributed by atoms with Crippen LogP contribution >= 0.6 is 0 Å². The van der Waals surface area contributed by atoms with Crippen molar-refractivity contribution in [3.05, 3.63) is 0 Å². The van der Waals surface area contributed by atoms with Gasteiger partial charge in [0.1, 0.15) is 0 Å². The Labute approximate surface area is 179 Å². The van der Waals surface area contributed by atoms with E-state index in [1.165, 1.54) is 25.7 Å². The topological polar surface area (TPSA) is 167 Å². The summed E-state index contributed by atoms with van der Waals surface area (Å²) in [4.78, 5) is 8.33. The molecule has 7 nitrogen and oxygen atoms in total. The van der Waals surface area contributed by atoms with Crippen molar-refractivity contribution >= 4 is 6.16 Å². The van der Waals surface area contributed by atoms with Gasteiger partial charge in [0.05, 0.1) is 0 Å². The number of nitrogens with two attached hydrogens (primary N) is 4. The van der Waals surface area contributed by atoms with Crippen molar-refractivity contribution in [3.8, 4) is 0 Å². The fourth-order valence-electron chi connectivity index (χ4n) is 1.28. The molecule has 0 atom stereocenters. The van der Waals surface area contributed by atoms with Crippen LogP contribution in [0.1, 0.15) is 51.4 Å². The van der Waals surface area contributed by atoms with Gasteiger partial charge in [-0.05, 0) is 58.0 Å². The predicted octanol–water partition coefficient (Wildman–Crippen LogP) is -7.51. The van der Waals surface area contributed by atoms with Crippen LogP contribution in [0.2, 0.25) is 0 Å². The van der Waals surface area contributed by atoms with Gasteiger partial charge in [-0.1, -0.05) is 25.7 Å². The van der Waals surface area contributed by atoms with Crippen molar-refractivity contribution in [1.29, 1.82) is 0 Å². The Balaban J connectivity index is -0.0000000661. The van der Waals surface area contributed by atoms with E-state index in [4.69, 9.17) is 37.9 Å². The van der Waals surface area contributed by atoms with Gasteiger partial charge in [0, 0.05) is 0 Å². The monoisotopic (exact) mass is 338 g/mol. The Morgan fingerprint density at radius 2 is 0.682 bits per heavy atom. The van der Waals surface area contributed by atoms with E-state index in [1.807, 2.05) is 0 Å². The van der Waals surface area contributed by atoms with Gasteiger partial charge in [-0.2, -0.15) is 0 Å². The number of carbonyl (C=O) groups is 1. The molecule has 0 amide bonds. The first-order chi connectivity index (χ1) is 9.56. The molecule has 22 heavy (non-hydrogen) atoms. The van der Waals surface area contributed by atoms with E-state index in [-0.39, 0.29) is 59.1 Å². The number of carbonyl (C=O) groups excluding carboxylic acids is 1. The smallest absolute Gasteiger partial charge is 0.652 e. The van der Waals surface area contributed by atoms with Gasteiger partial charge >= 0.3 is 59.1 Å². The summed E-state index contributed by atoms with van der Waals surface area (Å²) in [6, 6.07) is 0. The van der Waals surface area contributed by atoms with Crippen LogP contribution in [0.15, 0.2) is 0 Å². The van der Waals surface area contributed by atoms with Gasteiger partial charge in [0.15, 0.2) is 0 Å². The molecule has 0 aromatic rings. The van der Waals surface area contributed by atoms with Crippen molar-refractivity contribution in [2.45, 2.75) is 51.4 Å². The first-order valence-corrected chi connectivity index (χ1v) is 7.25. The standard InChI is InChI=1S/2C6H16N2.CH2O3.2Na/c2*7-5-3-1-2-4-6-8;2-1(3)4;;/h2*1-8H2;(H2,2,3,4);;/q;;;2*+1/p-2. The zero-order valence-electron chi connectivity index (χ0n) is 14.5. The molecule has 0 bridgehead atoms. The summed E-state index contributed by atoms with van der Waals surface area (Å²) >= 11 is 0. The molecule has 0 aliphatic carbocycles. The maximum atomic E-state index is 8.33. The van der Waals surface area contributed by atoms with Crippen LogP contribution in [0.4, 0.5) is 4.79 Å². The van der Waals surface area contributed by atoms with Crippen molar-refractivity contribution in [2.24, 2.45) is 22.9 Å². The van der Waals surface area contributed by atoms with Crippen LogP contribution < -0.4 is 92.3 Å². The molecule has 0 saturated heterocycles. The Kier molecular flexibility index (Phi) is 59.4. The second kappa shape index (κ2) is 38.0. The molecule has 0 heterocycles. The minimum Gasteiger partial charge on any atom is -0.652 e. The SMILES string of the molecule is NCCCCCCN.NCCCCCCN.O=C([O-])[O-].[Na+].[Na+]. The number of hydrogen-bond donors (Lipinski definition) is 4. The van der Waals surface area contributed by atoms with Gasteiger partial charge in [-0.15, -0.1) is 0 Å². The van der Waals surface area contributed by atoms with Crippen LogP contribution in [0.5, 0.6) is 0 Å². The van der Waals surface area contributed by atoms with Crippen LogP contribution in [0.25, 0.3) is 0 Å². The first-order valence-electron chi connectivity index (χ1n) is 7.25. The fraction of sp³-hybridized carbons (Fsp3) is 0.923. The van der Waals surface area contributed by atoms with Crippen molar-refractivity contribution in [2.75, 3.05) is 26.2 Å². The third-order valence-electron chi connectivity index (χ3n) is 2.32. The number of rotatable bonds is 10. The summed E-state index contributed by atoms with van der Waals surface area (Å²) in [5, 5.41) is 16.7. The summed E-state index contributed by atoms with van der Waals surface area (Å²) in [5.41, 5.74) is 21.1. The number of carboxylic acid groups (broad SMARTS) is 2. The Hall–Kier alpha value is 1.11. The second-order valence-corrected chi connectivity index (χ2v) is 4.23. The zero-order chi connectivity index (χ0) is 16.1. The van der Waals surface area contributed by atoms with Gasteiger partial charge < -0.3 is 37.9 Å². The van der Waals surface area contributed by atoms with E-state index in [0.29, 0.717) is 0 Å². The summed E-state index contributed by atoms with van der Waals surface area (Å²) in [5.74, 6) is 0. The molecular weight excluding hydrogens is 306 g/mol. The summed E-state index contributed by atoms with van der Waals surface area (Å²) in [6.45, 7) is 3.30. The number of hydrogen-bond acceptors (Lipinski definition) is 7. The molecule has 0 fully saturated rings. The normalized spacial score (nSPS) is 8.18. The van der Waals surface area contributed by atoms with Crippen LogP contribution in [0, 0.1) is 0 Å². The van der Waals surface area contributed by atoms with E-state index in [1.54, 1.807) is 0 Å². The maximum Gasteiger partial charge on any atom is 1.00 e. The van der Waals surface area contributed by atoms with Crippen LogP contribution in [-0.4, -0.2) is 32.3 Å². The fourth-order valence-corrected chi connectivity index (χ4v) is 1.28. The van der Waals surface area contributed by atoms with Crippen LogP contribution in [-0.2, 0) is 0 Å². The Morgan fingerprint density at radius 3 is 0.773 bits per heavy atom. The van der Waals surface area contributed by atoms with E-state index in [9.17, 15) is 0 Å². The van der Waals surface area contributed by atoms with Gasteiger partial charge in [0.25, 0.3) is 0 Å². The molecule has 0 aromatic heterocycles. The quantitative estimate of drug-likeness (QED) is 0.227. The third kappa shape index (κ3) is 69.2. The number of unbranched alkanes of at least 4 members (excludes halogenated alkanes) is 6. The molecule has 0 unspecified atom stereocenters. The van der Waals surface area contributed by atoms with Crippen molar-refractivity contribution < 1.29 is 74.1 Å². The second-order valence-electron chi connectivity index (χ2n) is 4.23. The zero-order valence-corrected chi connectivity index (χ0v) is 18.5. The summed E-state index contributed by atoms with van der Waals surface area (Å²) in [7, 11) is 0. The molecule has 0 rings (SSSR count). The van der Waals surface area contributed by atoms with Crippen molar-refractivity contribution in [3.63, 3.8) is 0 Å². The van der Waals surface area contributed by atoms with E-state index in [2.05, 4.69) is 0 Å². The third-order valence-corrected chi connectivity index (χ3v) is 2.32. The minimum absolute atomic E-state index is 0. The van der Waals surface area contributed by atoms with E-state index >= 15 is 0 Å². The molecule has 0 saturated carbocycles. The first kappa shape index (κ1) is 34.4. The molecular formula is C13H32N4Na2O3. The molecule has 0 aliphatic heterocycles. The van der Waals surface area contributed by atoms with E-state index < -0.39 is 6.16 Å². The maximum absolute atomic E-state index is 8.33. The Bertz CT molecular complexity index is 153. The predicted molar refractivity (Wildman–Crippen MR) is 78.5 cm³/mol. The van der Waals surface area contributed by atoms with E-state index in [0.717, 1.165) is 51.9 Å². The minimum atomic E-state index is -2.33. The van der Waals surface area contributed by atoms with Gasteiger partial charge in [-0.3, -0.25) is 0 Å². The molecule has 0 aliphatic rings. The van der Waals surface area contributed by atoms with Crippen molar-refractivity contribution in [1.82, 2.24) is 0 Å². The summed E-state index contributed by atoms with van der Waals surface area (Å²) in [6.07, 6.45) is 7.25. The van der Waals surface area contributed by atoms with Gasteiger partial charge in [0.2, 0.25) is 0 Å². The largest absolute Gasteiger partial charge is 1.00 e. The Morgan fingerprint density at radius 1 is 0.545 bits per heavy atom.